The fourth-order valence-corrected chi connectivity index (χ4v) is 5.70. The number of aryl methyl sites for hydroxylation is 1. The predicted molar refractivity (Wildman–Crippen MR) is 128 cm³/mol. The monoisotopic (exact) mass is 412 g/mol. The maximum absolute atomic E-state index is 13.0. The van der Waals surface area contributed by atoms with Gasteiger partial charge in [0.05, 0.1) is 0 Å². The first-order chi connectivity index (χ1) is 14.7. The van der Waals surface area contributed by atoms with Gasteiger partial charge in [0.25, 0.3) is 0 Å². The summed E-state index contributed by atoms with van der Waals surface area (Å²) in [5, 5.41) is 0. The van der Waals surface area contributed by atoms with Crippen molar-refractivity contribution in [3.05, 3.63) is 47.3 Å². The van der Waals surface area contributed by atoms with Gasteiger partial charge in [-0.15, -0.1) is 0 Å². The van der Waals surface area contributed by atoms with Crippen LogP contribution in [-0.2, 0) is 6.42 Å². The topological polar surface area (TPSA) is 0 Å². The molecule has 1 unspecified atom stereocenters. The molecule has 0 aromatic heterocycles. The van der Waals surface area contributed by atoms with Gasteiger partial charge in [0.15, 0.2) is 0 Å². The van der Waals surface area contributed by atoms with Crippen LogP contribution in [-0.4, -0.2) is 0 Å². The molecule has 30 heavy (non-hydrogen) atoms. The Morgan fingerprint density at radius 3 is 2.07 bits per heavy atom. The summed E-state index contributed by atoms with van der Waals surface area (Å²) in [6.07, 6.45) is 26.4. The van der Waals surface area contributed by atoms with E-state index in [1.54, 1.807) is 17.7 Å². The molecule has 1 fully saturated rings. The van der Waals surface area contributed by atoms with Crippen molar-refractivity contribution in [3.8, 4) is 0 Å². The normalized spacial score (nSPS) is 24.6. The summed E-state index contributed by atoms with van der Waals surface area (Å²) >= 11 is 0. The lowest BCUT2D eigenvalue weighted by Gasteiger charge is -2.30. The van der Waals surface area contributed by atoms with Crippen LogP contribution in [0.1, 0.15) is 115 Å². The summed E-state index contributed by atoms with van der Waals surface area (Å²) in [6.45, 7) is 2.31. The second kappa shape index (κ2) is 13.3. The average Bonchev–Trinajstić information content (AvgIpc) is 2.79. The Kier molecular flexibility index (Phi) is 10.5. The van der Waals surface area contributed by atoms with Gasteiger partial charge in [0.2, 0.25) is 0 Å². The van der Waals surface area contributed by atoms with Crippen molar-refractivity contribution in [1.29, 1.82) is 0 Å². The van der Waals surface area contributed by atoms with Crippen molar-refractivity contribution in [3.63, 3.8) is 0 Å². The molecule has 0 N–H and O–H groups in total. The molecule has 0 heterocycles. The first-order valence-corrected chi connectivity index (χ1v) is 13.1. The van der Waals surface area contributed by atoms with Gasteiger partial charge in [-0.1, -0.05) is 101 Å². The molecule has 0 amide bonds. The summed E-state index contributed by atoms with van der Waals surface area (Å²) in [4.78, 5) is 0. The molecule has 3 rings (SSSR count). The lowest BCUT2D eigenvalue weighted by atomic mass is 9.76. The van der Waals surface area contributed by atoms with Gasteiger partial charge in [0.1, 0.15) is 5.82 Å². The maximum Gasteiger partial charge on any atom is 0.123 e. The largest absolute Gasteiger partial charge is 0.207 e. The molecule has 1 aromatic rings. The quantitative estimate of drug-likeness (QED) is 0.237. The SMILES string of the molecule is CCCCCCCC1CCC(CCC2CC=C(CCc3ccc(F)cc3)CC2)CC1. The second-order valence-corrected chi connectivity index (χ2v) is 10.3. The van der Waals surface area contributed by atoms with Gasteiger partial charge < -0.3 is 0 Å². The van der Waals surface area contributed by atoms with E-state index in [0.717, 1.165) is 30.6 Å². The average molecular weight is 413 g/mol. The minimum Gasteiger partial charge on any atom is -0.207 e. The molecule has 1 heteroatoms. The molecule has 0 nitrogen and oxygen atoms in total. The van der Waals surface area contributed by atoms with E-state index < -0.39 is 0 Å². The Hall–Kier alpha value is -1.11. The Bertz CT molecular complexity index is 606. The summed E-state index contributed by atoms with van der Waals surface area (Å²) < 4.78 is 13.0. The number of hydrogen-bond acceptors (Lipinski definition) is 0. The smallest absolute Gasteiger partial charge is 0.123 e. The maximum atomic E-state index is 13.0. The van der Waals surface area contributed by atoms with E-state index in [4.69, 9.17) is 0 Å². The number of halogens is 1. The van der Waals surface area contributed by atoms with Crippen molar-refractivity contribution in [1.82, 2.24) is 0 Å². The first-order valence-electron chi connectivity index (χ1n) is 13.1. The molecule has 0 bridgehead atoms. The van der Waals surface area contributed by atoms with Crippen LogP contribution in [0.3, 0.4) is 0 Å². The van der Waals surface area contributed by atoms with Crippen LogP contribution < -0.4 is 0 Å². The van der Waals surface area contributed by atoms with Gasteiger partial charge in [-0.2, -0.15) is 0 Å². The molecular formula is C29H45F. The highest BCUT2D eigenvalue weighted by Gasteiger charge is 2.22. The summed E-state index contributed by atoms with van der Waals surface area (Å²) in [7, 11) is 0. The molecule has 1 aromatic carbocycles. The molecule has 1 saturated carbocycles. The minimum atomic E-state index is -0.130. The molecule has 168 valence electrons. The van der Waals surface area contributed by atoms with Gasteiger partial charge in [-0.05, 0) is 74.0 Å². The first kappa shape index (κ1) is 23.6. The van der Waals surface area contributed by atoms with E-state index in [1.165, 1.54) is 102 Å². The molecule has 0 aliphatic heterocycles. The van der Waals surface area contributed by atoms with Crippen LogP contribution in [0.5, 0.6) is 0 Å². The van der Waals surface area contributed by atoms with E-state index in [9.17, 15) is 4.39 Å². The number of hydrogen-bond donors (Lipinski definition) is 0. The fraction of sp³-hybridized carbons (Fsp3) is 0.724. The second-order valence-electron chi connectivity index (χ2n) is 10.3. The summed E-state index contributed by atoms with van der Waals surface area (Å²) in [5.74, 6) is 2.86. The molecule has 0 radical (unpaired) electrons. The highest BCUT2D eigenvalue weighted by atomic mass is 19.1. The molecular weight excluding hydrogens is 367 g/mol. The van der Waals surface area contributed by atoms with Crippen molar-refractivity contribution in [2.75, 3.05) is 0 Å². The van der Waals surface area contributed by atoms with Crippen LogP contribution in [0.25, 0.3) is 0 Å². The van der Waals surface area contributed by atoms with Crippen molar-refractivity contribution in [2.45, 2.75) is 116 Å². The Balaban J connectivity index is 1.25. The van der Waals surface area contributed by atoms with E-state index in [-0.39, 0.29) is 5.82 Å². The molecule has 0 saturated heterocycles. The zero-order valence-electron chi connectivity index (χ0n) is 19.5. The Morgan fingerprint density at radius 1 is 0.733 bits per heavy atom. The van der Waals surface area contributed by atoms with Crippen LogP contribution in [0, 0.1) is 23.6 Å². The van der Waals surface area contributed by atoms with Gasteiger partial charge >= 0.3 is 0 Å². The highest BCUT2D eigenvalue weighted by molar-refractivity contribution is 5.18. The van der Waals surface area contributed by atoms with Crippen LogP contribution >= 0.6 is 0 Å². The van der Waals surface area contributed by atoms with Crippen molar-refractivity contribution < 1.29 is 4.39 Å². The van der Waals surface area contributed by atoms with Gasteiger partial charge in [-0.3, -0.25) is 0 Å². The van der Waals surface area contributed by atoms with Crippen LogP contribution in [0.15, 0.2) is 35.9 Å². The van der Waals surface area contributed by atoms with E-state index in [1.807, 2.05) is 12.1 Å². The standard InChI is InChI=1S/C29H45F/c1-2-3-4-5-6-7-24-8-10-25(11-9-24)12-13-26-14-16-27(17-15-26)18-19-28-20-22-29(30)23-21-28/h16,20-26H,2-15,17-19H2,1H3. The Labute approximate surface area is 185 Å². The minimum absolute atomic E-state index is 0.130. The van der Waals surface area contributed by atoms with E-state index in [0.29, 0.717) is 0 Å². The van der Waals surface area contributed by atoms with E-state index >= 15 is 0 Å². The Morgan fingerprint density at radius 2 is 1.40 bits per heavy atom. The summed E-state index contributed by atoms with van der Waals surface area (Å²) in [6, 6.07) is 7.04. The van der Waals surface area contributed by atoms with Gasteiger partial charge in [-0.25, -0.2) is 4.39 Å². The summed E-state index contributed by atoms with van der Waals surface area (Å²) in [5.41, 5.74) is 2.89. The van der Waals surface area contributed by atoms with Crippen LogP contribution in [0.4, 0.5) is 4.39 Å². The zero-order valence-corrected chi connectivity index (χ0v) is 19.5. The van der Waals surface area contributed by atoms with E-state index in [2.05, 4.69) is 13.0 Å². The van der Waals surface area contributed by atoms with Crippen LogP contribution in [0.2, 0.25) is 0 Å². The van der Waals surface area contributed by atoms with Crippen molar-refractivity contribution in [2.24, 2.45) is 17.8 Å². The highest BCUT2D eigenvalue weighted by Crippen LogP contribution is 2.37. The fourth-order valence-electron chi connectivity index (χ4n) is 5.70. The van der Waals surface area contributed by atoms with Gasteiger partial charge in [0, 0.05) is 0 Å². The molecule has 2 aliphatic rings. The lowest BCUT2D eigenvalue weighted by molar-refractivity contribution is 0.234. The number of unbranched alkanes of at least 4 members (excludes halogenated alkanes) is 4. The zero-order chi connectivity index (χ0) is 21.0. The molecule has 0 spiro atoms. The third kappa shape index (κ3) is 8.56. The third-order valence-electron chi connectivity index (χ3n) is 7.93. The van der Waals surface area contributed by atoms with Crippen molar-refractivity contribution >= 4 is 0 Å². The molecule has 1 atom stereocenters. The number of benzene rings is 1. The number of allylic oxidation sites excluding steroid dienone is 2. The predicted octanol–water partition coefficient (Wildman–Crippen LogP) is 9.43. The lowest BCUT2D eigenvalue weighted by Crippen LogP contribution is -2.16. The number of rotatable bonds is 12. The molecule has 2 aliphatic carbocycles. The third-order valence-corrected chi connectivity index (χ3v) is 7.93.